The molecule has 0 aliphatic heterocycles. The fraction of sp³-hybridized carbons (Fsp3) is 0.214. The minimum atomic E-state index is -0.129. The Morgan fingerprint density at radius 3 is 2.78 bits per heavy atom. The van der Waals surface area contributed by atoms with E-state index in [1.807, 2.05) is 38.1 Å². The number of hydrogen-bond donors (Lipinski definition) is 0. The summed E-state index contributed by atoms with van der Waals surface area (Å²) in [6.07, 6.45) is 4.57. The lowest BCUT2D eigenvalue weighted by atomic mass is 10.2. The van der Waals surface area contributed by atoms with Gasteiger partial charge in [0.1, 0.15) is 5.69 Å². The Morgan fingerprint density at radius 2 is 2.17 bits per heavy atom. The number of benzene rings is 1. The van der Waals surface area contributed by atoms with Gasteiger partial charge in [0.25, 0.3) is 5.91 Å². The smallest absolute Gasteiger partial charge is 0.278 e. The van der Waals surface area contributed by atoms with Crippen LogP contribution in [0.3, 0.4) is 0 Å². The van der Waals surface area contributed by atoms with Gasteiger partial charge in [-0.3, -0.25) is 9.78 Å². The summed E-state index contributed by atoms with van der Waals surface area (Å²) in [4.78, 5) is 22.0. The van der Waals surface area contributed by atoms with E-state index in [4.69, 9.17) is 0 Å². The molecule has 0 N–H and O–H groups in total. The molecule has 4 nitrogen and oxygen atoms in total. The molecule has 0 spiro atoms. The monoisotopic (exact) mass is 241 g/mol. The van der Waals surface area contributed by atoms with Gasteiger partial charge in [0.2, 0.25) is 0 Å². The second-order valence-electron chi connectivity index (χ2n) is 3.98. The van der Waals surface area contributed by atoms with Crippen molar-refractivity contribution >= 4 is 11.6 Å². The molecule has 0 radical (unpaired) electrons. The van der Waals surface area contributed by atoms with Crippen LogP contribution in [-0.4, -0.2) is 22.4 Å². The van der Waals surface area contributed by atoms with E-state index in [2.05, 4.69) is 9.97 Å². The van der Waals surface area contributed by atoms with Crippen LogP contribution in [0.1, 0.15) is 23.0 Å². The molecule has 4 heteroatoms. The van der Waals surface area contributed by atoms with Crippen LogP contribution in [-0.2, 0) is 0 Å². The van der Waals surface area contributed by atoms with Crippen LogP contribution in [0.2, 0.25) is 0 Å². The number of aryl methyl sites for hydroxylation is 1. The molecule has 0 saturated heterocycles. The molecule has 2 aromatic rings. The molecule has 1 aromatic carbocycles. The lowest BCUT2D eigenvalue weighted by Crippen LogP contribution is -2.31. The SMILES string of the molecule is CCN(C(=O)c1cnccn1)c1cccc(C)c1. The van der Waals surface area contributed by atoms with E-state index in [0.717, 1.165) is 11.3 Å². The summed E-state index contributed by atoms with van der Waals surface area (Å²) in [5.74, 6) is -0.129. The highest BCUT2D eigenvalue weighted by Crippen LogP contribution is 2.17. The maximum atomic E-state index is 12.3. The molecule has 0 bridgehead atoms. The van der Waals surface area contributed by atoms with Gasteiger partial charge in [0, 0.05) is 24.6 Å². The van der Waals surface area contributed by atoms with Crippen molar-refractivity contribution in [3.8, 4) is 0 Å². The standard InChI is InChI=1S/C14H15N3O/c1-3-17(12-6-4-5-11(2)9-12)14(18)13-10-15-7-8-16-13/h4-10H,3H2,1-2H3. The van der Waals surface area contributed by atoms with Gasteiger partial charge in [-0.05, 0) is 31.5 Å². The molecule has 18 heavy (non-hydrogen) atoms. The first-order valence-corrected chi connectivity index (χ1v) is 5.87. The quantitative estimate of drug-likeness (QED) is 0.829. The first-order chi connectivity index (χ1) is 8.72. The zero-order valence-electron chi connectivity index (χ0n) is 10.5. The summed E-state index contributed by atoms with van der Waals surface area (Å²) in [6.45, 7) is 4.54. The van der Waals surface area contributed by atoms with Gasteiger partial charge < -0.3 is 4.90 Å². The lowest BCUT2D eigenvalue weighted by molar-refractivity contribution is 0.0983. The molecule has 1 aromatic heterocycles. The number of carbonyl (C=O) groups is 1. The summed E-state index contributed by atoms with van der Waals surface area (Å²) in [7, 11) is 0. The molecule has 1 heterocycles. The second-order valence-corrected chi connectivity index (χ2v) is 3.98. The number of hydrogen-bond acceptors (Lipinski definition) is 3. The zero-order chi connectivity index (χ0) is 13.0. The molecule has 1 amide bonds. The Bertz CT molecular complexity index is 540. The number of aromatic nitrogens is 2. The van der Waals surface area contributed by atoms with Gasteiger partial charge in [0.05, 0.1) is 6.20 Å². The summed E-state index contributed by atoms with van der Waals surface area (Å²) in [6, 6.07) is 7.85. The molecular formula is C14H15N3O. The van der Waals surface area contributed by atoms with Crippen LogP contribution in [0.15, 0.2) is 42.9 Å². The predicted octanol–water partition coefficient (Wildman–Crippen LogP) is 2.45. The summed E-state index contributed by atoms with van der Waals surface area (Å²) in [5, 5.41) is 0. The third-order valence-corrected chi connectivity index (χ3v) is 2.66. The Labute approximate surface area is 106 Å². The number of nitrogens with zero attached hydrogens (tertiary/aromatic N) is 3. The van der Waals surface area contributed by atoms with E-state index in [0.29, 0.717) is 12.2 Å². The van der Waals surface area contributed by atoms with Crippen molar-refractivity contribution in [1.82, 2.24) is 9.97 Å². The molecule has 0 fully saturated rings. The van der Waals surface area contributed by atoms with Crippen molar-refractivity contribution < 1.29 is 4.79 Å². The van der Waals surface area contributed by atoms with Gasteiger partial charge in [-0.25, -0.2) is 4.98 Å². The number of amides is 1. The fourth-order valence-corrected chi connectivity index (χ4v) is 1.79. The highest BCUT2D eigenvalue weighted by atomic mass is 16.2. The van der Waals surface area contributed by atoms with Gasteiger partial charge in [-0.2, -0.15) is 0 Å². The molecule has 92 valence electrons. The summed E-state index contributed by atoms with van der Waals surface area (Å²) < 4.78 is 0. The van der Waals surface area contributed by atoms with Crippen LogP contribution >= 0.6 is 0 Å². The molecular weight excluding hydrogens is 226 g/mol. The maximum Gasteiger partial charge on any atom is 0.278 e. The van der Waals surface area contributed by atoms with Crippen LogP contribution in [0, 0.1) is 6.92 Å². The van der Waals surface area contributed by atoms with Crippen LogP contribution < -0.4 is 4.90 Å². The largest absolute Gasteiger partial charge is 0.307 e. The second kappa shape index (κ2) is 5.40. The van der Waals surface area contributed by atoms with Gasteiger partial charge in [-0.15, -0.1) is 0 Å². The normalized spacial score (nSPS) is 10.1. The molecule has 2 rings (SSSR count). The summed E-state index contributed by atoms with van der Waals surface area (Å²) in [5.41, 5.74) is 2.37. The Balaban J connectivity index is 2.32. The van der Waals surface area contributed by atoms with Gasteiger partial charge in [0.15, 0.2) is 0 Å². The van der Waals surface area contributed by atoms with E-state index in [1.54, 1.807) is 11.1 Å². The molecule has 0 atom stereocenters. The Kier molecular flexibility index (Phi) is 3.67. The molecule has 0 aliphatic rings. The lowest BCUT2D eigenvalue weighted by Gasteiger charge is -2.20. The van der Waals surface area contributed by atoms with Crippen molar-refractivity contribution in [2.75, 3.05) is 11.4 Å². The van der Waals surface area contributed by atoms with Crippen molar-refractivity contribution in [2.24, 2.45) is 0 Å². The molecule has 0 aliphatic carbocycles. The topological polar surface area (TPSA) is 46.1 Å². The van der Waals surface area contributed by atoms with Crippen LogP contribution in [0.4, 0.5) is 5.69 Å². The van der Waals surface area contributed by atoms with E-state index < -0.39 is 0 Å². The highest BCUT2D eigenvalue weighted by Gasteiger charge is 2.17. The van der Waals surface area contributed by atoms with Crippen molar-refractivity contribution in [3.63, 3.8) is 0 Å². The molecule has 0 saturated carbocycles. The average Bonchev–Trinajstić information content (AvgIpc) is 2.40. The minimum Gasteiger partial charge on any atom is -0.307 e. The Hall–Kier alpha value is -2.23. The van der Waals surface area contributed by atoms with Gasteiger partial charge >= 0.3 is 0 Å². The van der Waals surface area contributed by atoms with Crippen molar-refractivity contribution in [1.29, 1.82) is 0 Å². The number of carbonyl (C=O) groups excluding carboxylic acids is 1. The Morgan fingerprint density at radius 1 is 1.33 bits per heavy atom. The maximum absolute atomic E-state index is 12.3. The van der Waals surface area contributed by atoms with E-state index in [1.165, 1.54) is 12.4 Å². The van der Waals surface area contributed by atoms with E-state index in [9.17, 15) is 4.79 Å². The predicted molar refractivity (Wildman–Crippen MR) is 70.6 cm³/mol. The van der Waals surface area contributed by atoms with Crippen molar-refractivity contribution in [3.05, 3.63) is 54.1 Å². The van der Waals surface area contributed by atoms with E-state index >= 15 is 0 Å². The van der Waals surface area contributed by atoms with Crippen LogP contribution in [0.25, 0.3) is 0 Å². The number of anilines is 1. The highest BCUT2D eigenvalue weighted by molar-refractivity contribution is 6.04. The summed E-state index contributed by atoms with van der Waals surface area (Å²) >= 11 is 0. The zero-order valence-corrected chi connectivity index (χ0v) is 10.5. The fourth-order valence-electron chi connectivity index (χ4n) is 1.79. The average molecular weight is 241 g/mol. The van der Waals surface area contributed by atoms with Gasteiger partial charge in [-0.1, -0.05) is 12.1 Å². The first kappa shape index (κ1) is 12.2. The minimum absolute atomic E-state index is 0.129. The third-order valence-electron chi connectivity index (χ3n) is 2.66. The number of rotatable bonds is 3. The molecule has 0 unspecified atom stereocenters. The van der Waals surface area contributed by atoms with Crippen molar-refractivity contribution in [2.45, 2.75) is 13.8 Å². The third kappa shape index (κ3) is 2.53. The van der Waals surface area contributed by atoms with E-state index in [-0.39, 0.29) is 5.91 Å². The first-order valence-electron chi connectivity index (χ1n) is 5.87. The van der Waals surface area contributed by atoms with Crippen LogP contribution in [0.5, 0.6) is 0 Å².